The number of carbonyl (C=O) groups excluding carboxylic acids is 2. The summed E-state index contributed by atoms with van der Waals surface area (Å²) < 4.78 is 10.2. The third kappa shape index (κ3) is 5.52. The third-order valence-electron chi connectivity index (χ3n) is 5.27. The Balaban J connectivity index is 1.76. The van der Waals surface area contributed by atoms with E-state index < -0.39 is 23.4 Å². The second-order valence-electron chi connectivity index (χ2n) is 7.21. The summed E-state index contributed by atoms with van der Waals surface area (Å²) in [5.74, 6) is -1.01. The van der Waals surface area contributed by atoms with Gasteiger partial charge in [-0.25, -0.2) is 4.79 Å². The molecule has 1 heterocycles. The minimum Gasteiger partial charge on any atom is -0.477 e. The number of carbonyl (C=O) groups is 2. The maximum Gasteiger partial charge on any atom is 0.337 e. The van der Waals surface area contributed by atoms with Crippen LogP contribution in [0.5, 0.6) is 5.75 Å². The van der Waals surface area contributed by atoms with E-state index in [9.17, 15) is 19.7 Å². The van der Waals surface area contributed by atoms with Crippen molar-refractivity contribution in [1.82, 2.24) is 4.90 Å². The van der Waals surface area contributed by atoms with Crippen LogP contribution in [0.4, 0.5) is 17.1 Å². The SMILES string of the molecule is CCN1CCN(c2ccc(C(=O)OC)cc2NC(=O)COc2ccccc2[N+](=O)[O-])CC1. The van der Waals surface area contributed by atoms with E-state index in [4.69, 9.17) is 9.47 Å². The van der Waals surface area contributed by atoms with Crippen LogP contribution in [0, 0.1) is 10.1 Å². The largest absolute Gasteiger partial charge is 0.477 e. The first-order valence-corrected chi connectivity index (χ1v) is 10.3. The van der Waals surface area contributed by atoms with E-state index in [1.165, 1.54) is 25.3 Å². The molecule has 1 amide bonds. The molecule has 0 aromatic heterocycles. The first kappa shape index (κ1) is 23.0. The Bertz CT molecular complexity index is 988. The van der Waals surface area contributed by atoms with Gasteiger partial charge in [0.25, 0.3) is 5.91 Å². The topological polar surface area (TPSA) is 114 Å². The number of para-hydroxylation sites is 2. The summed E-state index contributed by atoms with van der Waals surface area (Å²) in [7, 11) is 1.29. The van der Waals surface area contributed by atoms with Crippen LogP contribution in [0.2, 0.25) is 0 Å². The number of ether oxygens (including phenoxy) is 2. The van der Waals surface area contributed by atoms with E-state index in [1.54, 1.807) is 24.3 Å². The third-order valence-corrected chi connectivity index (χ3v) is 5.27. The summed E-state index contributed by atoms with van der Waals surface area (Å²) in [5.41, 5.74) is 1.32. The number of esters is 1. The number of anilines is 2. The number of benzene rings is 2. The van der Waals surface area contributed by atoms with Crippen molar-refractivity contribution in [3.05, 3.63) is 58.1 Å². The molecule has 0 radical (unpaired) electrons. The average molecular weight is 442 g/mol. The Morgan fingerprint density at radius 3 is 2.50 bits per heavy atom. The smallest absolute Gasteiger partial charge is 0.337 e. The lowest BCUT2D eigenvalue weighted by molar-refractivity contribution is -0.385. The van der Waals surface area contributed by atoms with Gasteiger partial charge in [0.1, 0.15) is 0 Å². The predicted molar refractivity (Wildman–Crippen MR) is 119 cm³/mol. The van der Waals surface area contributed by atoms with Gasteiger partial charge in [-0.3, -0.25) is 14.9 Å². The number of nitrogens with one attached hydrogen (secondary N) is 1. The molecule has 2 aromatic carbocycles. The highest BCUT2D eigenvalue weighted by Crippen LogP contribution is 2.29. The lowest BCUT2D eigenvalue weighted by Crippen LogP contribution is -2.46. The number of nitro benzene ring substituents is 1. The Labute approximate surface area is 185 Å². The molecule has 1 fully saturated rings. The molecule has 0 aliphatic carbocycles. The van der Waals surface area contributed by atoms with Crippen LogP contribution in [-0.4, -0.2) is 68.1 Å². The number of nitro groups is 1. The van der Waals surface area contributed by atoms with Crippen LogP contribution in [-0.2, 0) is 9.53 Å². The quantitative estimate of drug-likeness (QED) is 0.377. The van der Waals surface area contributed by atoms with Crippen LogP contribution in [0.15, 0.2) is 42.5 Å². The average Bonchev–Trinajstić information content (AvgIpc) is 2.82. The van der Waals surface area contributed by atoms with Gasteiger partial charge in [-0.1, -0.05) is 19.1 Å². The standard InChI is InChI=1S/C22H26N4O6/c1-3-24-10-12-25(13-11-24)18-9-8-16(22(28)31-2)14-17(18)23-21(27)15-32-20-7-5-4-6-19(20)26(29)30/h4-9,14H,3,10-13,15H2,1-2H3,(H,23,27). The van der Waals surface area contributed by atoms with E-state index in [-0.39, 0.29) is 11.4 Å². The molecule has 32 heavy (non-hydrogen) atoms. The number of hydrogen-bond acceptors (Lipinski definition) is 8. The van der Waals surface area contributed by atoms with Gasteiger partial charge in [0.2, 0.25) is 0 Å². The van der Waals surface area contributed by atoms with Gasteiger partial charge in [0.05, 0.1) is 29.0 Å². The lowest BCUT2D eigenvalue weighted by atomic mass is 10.1. The van der Waals surface area contributed by atoms with Crippen molar-refractivity contribution in [2.45, 2.75) is 6.92 Å². The second kappa shape index (κ2) is 10.6. The molecular formula is C22H26N4O6. The highest BCUT2D eigenvalue weighted by molar-refractivity contribution is 5.98. The number of hydrogen-bond donors (Lipinski definition) is 1. The first-order valence-electron chi connectivity index (χ1n) is 10.3. The molecule has 0 atom stereocenters. The molecule has 1 N–H and O–H groups in total. The van der Waals surface area contributed by atoms with E-state index in [2.05, 4.69) is 22.0 Å². The van der Waals surface area contributed by atoms with Crippen LogP contribution >= 0.6 is 0 Å². The molecule has 10 heteroatoms. The fourth-order valence-corrected chi connectivity index (χ4v) is 3.52. The molecule has 3 rings (SSSR count). The number of likely N-dealkylation sites (N-methyl/N-ethyl adjacent to an activating group) is 1. The Kier molecular flexibility index (Phi) is 7.61. The summed E-state index contributed by atoms with van der Waals surface area (Å²) in [5, 5.41) is 13.9. The fraction of sp³-hybridized carbons (Fsp3) is 0.364. The Morgan fingerprint density at radius 2 is 1.84 bits per heavy atom. The van der Waals surface area contributed by atoms with Crippen LogP contribution in [0.25, 0.3) is 0 Å². The molecule has 170 valence electrons. The van der Waals surface area contributed by atoms with Gasteiger partial charge >= 0.3 is 11.7 Å². The minimum atomic E-state index is -0.568. The summed E-state index contributed by atoms with van der Waals surface area (Å²) in [6.45, 7) is 6.01. The number of amides is 1. The molecule has 10 nitrogen and oxygen atoms in total. The summed E-state index contributed by atoms with van der Waals surface area (Å²) in [4.78, 5) is 39.6. The zero-order chi connectivity index (χ0) is 23.1. The highest BCUT2D eigenvalue weighted by atomic mass is 16.6. The summed E-state index contributed by atoms with van der Waals surface area (Å²) in [6.07, 6.45) is 0. The second-order valence-corrected chi connectivity index (χ2v) is 7.21. The van der Waals surface area contributed by atoms with E-state index >= 15 is 0 Å². The van der Waals surface area contributed by atoms with E-state index in [0.717, 1.165) is 38.4 Å². The van der Waals surface area contributed by atoms with Crippen molar-refractivity contribution in [3.63, 3.8) is 0 Å². The molecule has 0 unspecified atom stereocenters. The summed E-state index contributed by atoms with van der Waals surface area (Å²) in [6, 6.07) is 10.9. The van der Waals surface area contributed by atoms with Crippen LogP contribution < -0.4 is 15.0 Å². The highest BCUT2D eigenvalue weighted by Gasteiger charge is 2.21. The lowest BCUT2D eigenvalue weighted by Gasteiger charge is -2.36. The zero-order valence-electron chi connectivity index (χ0n) is 18.1. The first-order chi connectivity index (χ1) is 15.4. The summed E-state index contributed by atoms with van der Waals surface area (Å²) >= 11 is 0. The molecule has 1 aliphatic rings. The maximum atomic E-state index is 12.6. The number of piperazine rings is 1. The zero-order valence-corrected chi connectivity index (χ0v) is 18.1. The van der Waals surface area contributed by atoms with Gasteiger partial charge in [-0.15, -0.1) is 0 Å². The Hall–Kier alpha value is -3.66. The minimum absolute atomic E-state index is 0.00636. The van der Waals surface area contributed by atoms with Gasteiger partial charge in [0.15, 0.2) is 12.4 Å². The molecule has 1 aliphatic heterocycles. The van der Waals surface area contributed by atoms with Gasteiger partial charge in [-0.05, 0) is 30.8 Å². The van der Waals surface area contributed by atoms with Gasteiger partial charge in [-0.2, -0.15) is 0 Å². The van der Waals surface area contributed by atoms with Crippen molar-refractivity contribution in [3.8, 4) is 5.75 Å². The normalized spacial score (nSPS) is 14.0. The van der Waals surface area contributed by atoms with E-state index in [1.807, 2.05) is 0 Å². The number of methoxy groups -OCH3 is 1. The maximum absolute atomic E-state index is 12.6. The monoisotopic (exact) mass is 442 g/mol. The Morgan fingerprint density at radius 1 is 1.12 bits per heavy atom. The molecule has 1 saturated heterocycles. The molecular weight excluding hydrogens is 416 g/mol. The van der Waals surface area contributed by atoms with Crippen molar-refractivity contribution in [2.75, 3.05) is 56.7 Å². The van der Waals surface area contributed by atoms with Crippen molar-refractivity contribution in [2.24, 2.45) is 0 Å². The van der Waals surface area contributed by atoms with Gasteiger partial charge < -0.3 is 24.6 Å². The van der Waals surface area contributed by atoms with Crippen molar-refractivity contribution >= 4 is 28.9 Å². The fourth-order valence-electron chi connectivity index (χ4n) is 3.52. The predicted octanol–water partition coefficient (Wildman–Crippen LogP) is 2.54. The van der Waals surface area contributed by atoms with E-state index in [0.29, 0.717) is 11.3 Å². The molecule has 0 bridgehead atoms. The number of rotatable bonds is 8. The van der Waals surface area contributed by atoms with Gasteiger partial charge in [0, 0.05) is 32.2 Å². The van der Waals surface area contributed by atoms with Crippen LogP contribution in [0.3, 0.4) is 0 Å². The number of nitrogens with zero attached hydrogens (tertiary/aromatic N) is 3. The van der Waals surface area contributed by atoms with Crippen molar-refractivity contribution in [1.29, 1.82) is 0 Å². The molecule has 0 saturated carbocycles. The van der Waals surface area contributed by atoms with Crippen LogP contribution in [0.1, 0.15) is 17.3 Å². The molecule has 2 aromatic rings. The van der Waals surface area contributed by atoms with Crippen molar-refractivity contribution < 1.29 is 24.0 Å². The molecule has 0 spiro atoms.